The highest BCUT2D eigenvalue weighted by Gasteiger charge is 2.12. The first kappa shape index (κ1) is 23.0. The molecule has 3 aromatic carbocycles. The summed E-state index contributed by atoms with van der Waals surface area (Å²) in [6, 6.07) is 20.3. The predicted molar refractivity (Wildman–Crippen MR) is 133 cm³/mol. The zero-order valence-electron chi connectivity index (χ0n) is 19.4. The molecule has 0 saturated carbocycles. The molecule has 0 fully saturated rings. The van der Waals surface area contributed by atoms with Crippen LogP contribution in [0.3, 0.4) is 0 Å². The number of halogens is 1. The molecule has 0 unspecified atom stereocenters. The monoisotopic (exact) mass is 445 g/mol. The number of fused-ring (bicyclic) bond motifs is 1. The second-order valence-corrected chi connectivity index (χ2v) is 8.53. The number of oxazole rings is 1. The Kier molecular flexibility index (Phi) is 8.13. The lowest BCUT2D eigenvalue weighted by atomic mass is 10.0. The third-order valence-corrected chi connectivity index (χ3v) is 5.94. The molecule has 33 heavy (non-hydrogen) atoms. The molecule has 0 atom stereocenters. The molecule has 4 rings (SSSR count). The molecule has 0 aliphatic carbocycles. The van der Waals surface area contributed by atoms with Gasteiger partial charge in [0.1, 0.15) is 17.1 Å². The summed E-state index contributed by atoms with van der Waals surface area (Å²) in [5, 5.41) is 0. The van der Waals surface area contributed by atoms with Crippen LogP contribution in [0.15, 0.2) is 71.1 Å². The van der Waals surface area contributed by atoms with Gasteiger partial charge in [0.25, 0.3) is 0 Å². The molecule has 0 spiro atoms. The minimum atomic E-state index is -0.303. The molecule has 0 radical (unpaired) electrons. The van der Waals surface area contributed by atoms with Gasteiger partial charge in [-0.2, -0.15) is 0 Å². The molecule has 1 heterocycles. The van der Waals surface area contributed by atoms with Crippen molar-refractivity contribution in [2.75, 3.05) is 6.61 Å². The van der Waals surface area contributed by atoms with E-state index in [1.807, 2.05) is 54.6 Å². The number of ether oxygens (including phenoxy) is 1. The van der Waals surface area contributed by atoms with Gasteiger partial charge in [0, 0.05) is 11.1 Å². The minimum Gasteiger partial charge on any atom is -0.494 e. The molecular weight excluding hydrogens is 413 g/mol. The molecule has 0 aliphatic heterocycles. The SMILES string of the molecule is CCCCCCCCCCOc1ccc(-c2ccc(-c3nc4ccccc4o3)cc2F)cc1. The number of rotatable bonds is 12. The van der Waals surface area contributed by atoms with E-state index in [1.54, 1.807) is 6.07 Å². The number of nitrogens with zero attached hydrogens (tertiary/aromatic N) is 1. The first-order chi connectivity index (χ1) is 16.2. The summed E-state index contributed by atoms with van der Waals surface area (Å²) in [7, 11) is 0. The highest BCUT2D eigenvalue weighted by Crippen LogP contribution is 2.30. The maximum atomic E-state index is 14.9. The van der Waals surface area contributed by atoms with E-state index in [4.69, 9.17) is 9.15 Å². The number of benzene rings is 3. The zero-order valence-corrected chi connectivity index (χ0v) is 19.4. The van der Waals surface area contributed by atoms with Crippen LogP contribution in [0.1, 0.15) is 58.3 Å². The lowest BCUT2D eigenvalue weighted by Crippen LogP contribution is -1.97. The Morgan fingerprint density at radius 3 is 2.21 bits per heavy atom. The Labute approximate surface area is 195 Å². The van der Waals surface area contributed by atoms with Gasteiger partial charge in [-0.25, -0.2) is 9.37 Å². The van der Waals surface area contributed by atoms with Gasteiger partial charge in [0.2, 0.25) is 5.89 Å². The van der Waals surface area contributed by atoms with Crippen molar-refractivity contribution in [3.05, 3.63) is 72.5 Å². The smallest absolute Gasteiger partial charge is 0.227 e. The van der Waals surface area contributed by atoms with E-state index >= 15 is 0 Å². The first-order valence-corrected chi connectivity index (χ1v) is 12.1. The van der Waals surface area contributed by atoms with Crippen LogP contribution in [0, 0.1) is 5.82 Å². The number of hydrogen-bond donors (Lipinski definition) is 0. The summed E-state index contributed by atoms with van der Waals surface area (Å²) in [6.07, 6.45) is 10.2. The van der Waals surface area contributed by atoms with Crippen molar-refractivity contribution < 1.29 is 13.5 Å². The predicted octanol–water partition coefficient (Wildman–Crippen LogP) is 8.82. The Bertz CT molecular complexity index is 1120. The lowest BCUT2D eigenvalue weighted by molar-refractivity contribution is 0.304. The molecule has 4 aromatic rings. The van der Waals surface area contributed by atoms with Crippen LogP contribution in [0.4, 0.5) is 4.39 Å². The topological polar surface area (TPSA) is 35.3 Å². The molecular formula is C29H32FNO2. The lowest BCUT2D eigenvalue weighted by Gasteiger charge is -2.09. The second-order valence-electron chi connectivity index (χ2n) is 8.53. The molecule has 4 heteroatoms. The van der Waals surface area contributed by atoms with Gasteiger partial charge in [-0.15, -0.1) is 0 Å². The zero-order chi connectivity index (χ0) is 22.9. The summed E-state index contributed by atoms with van der Waals surface area (Å²) in [4.78, 5) is 4.45. The highest BCUT2D eigenvalue weighted by molar-refractivity contribution is 5.77. The fourth-order valence-corrected chi connectivity index (χ4v) is 4.03. The van der Waals surface area contributed by atoms with Crippen molar-refractivity contribution in [2.45, 2.75) is 58.3 Å². The number of hydrogen-bond acceptors (Lipinski definition) is 3. The normalized spacial score (nSPS) is 11.2. The van der Waals surface area contributed by atoms with Crippen molar-refractivity contribution in [3.8, 4) is 28.3 Å². The molecule has 172 valence electrons. The molecule has 0 N–H and O–H groups in total. The van der Waals surface area contributed by atoms with Gasteiger partial charge in [-0.3, -0.25) is 0 Å². The van der Waals surface area contributed by atoms with E-state index in [2.05, 4.69) is 11.9 Å². The van der Waals surface area contributed by atoms with Crippen LogP contribution in [-0.4, -0.2) is 11.6 Å². The average Bonchev–Trinajstić information content (AvgIpc) is 3.28. The van der Waals surface area contributed by atoms with Gasteiger partial charge in [0.15, 0.2) is 5.58 Å². The van der Waals surface area contributed by atoms with Crippen LogP contribution in [0.2, 0.25) is 0 Å². The molecule has 0 amide bonds. The van der Waals surface area contributed by atoms with Crippen molar-refractivity contribution >= 4 is 11.1 Å². The van der Waals surface area contributed by atoms with Gasteiger partial charge in [-0.1, -0.05) is 82.2 Å². The quantitative estimate of drug-likeness (QED) is 0.204. The maximum absolute atomic E-state index is 14.9. The van der Waals surface area contributed by atoms with E-state index in [-0.39, 0.29) is 5.82 Å². The van der Waals surface area contributed by atoms with Crippen LogP contribution < -0.4 is 4.74 Å². The van der Waals surface area contributed by atoms with Crippen LogP contribution in [0.25, 0.3) is 33.7 Å². The van der Waals surface area contributed by atoms with Crippen LogP contribution in [-0.2, 0) is 0 Å². The number of para-hydroxylation sites is 2. The van der Waals surface area contributed by atoms with E-state index in [1.165, 1.54) is 51.0 Å². The van der Waals surface area contributed by atoms with Gasteiger partial charge >= 0.3 is 0 Å². The third kappa shape index (κ3) is 6.22. The standard InChI is InChI=1S/C29H32FNO2/c1-2-3-4-5-6-7-8-11-20-32-24-17-14-22(15-18-24)25-19-16-23(21-26(25)30)29-31-27-12-9-10-13-28(27)33-29/h9-10,12-19,21H,2-8,11,20H2,1H3. The van der Waals surface area contributed by atoms with Crippen molar-refractivity contribution in [1.82, 2.24) is 4.98 Å². The second kappa shape index (κ2) is 11.6. The van der Waals surface area contributed by atoms with Crippen molar-refractivity contribution in [1.29, 1.82) is 0 Å². The van der Waals surface area contributed by atoms with Crippen molar-refractivity contribution in [3.63, 3.8) is 0 Å². The van der Waals surface area contributed by atoms with Gasteiger partial charge < -0.3 is 9.15 Å². The van der Waals surface area contributed by atoms with E-state index in [9.17, 15) is 4.39 Å². The summed E-state index contributed by atoms with van der Waals surface area (Å²) >= 11 is 0. The molecule has 0 bridgehead atoms. The summed E-state index contributed by atoms with van der Waals surface area (Å²) in [5.74, 6) is 0.943. The number of aromatic nitrogens is 1. The fourth-order valence-electron chi connectivity index (χ4n) is 4.03. The fraction of sp³-hybridized carbons (Fsp3) is 0.345. The summed E-state index contributed by atoms with van der Waals surface area (Å²) in [5.41, 5.74) is 3.44. The van der Waals surface area contributed by atoms with Gasteiger partial charge in [0.05, 0.1) is 6.61 Å². The highest BCUT2D eigenvalue weighted by atomic mass is 19.1. The Morgan fingerprint density at radius 1 is 0.788 bits per heavy atom. The van der Waals surface area contributed by atoms with Crippen LogP contribution in [0.5, 0.6) is 5.75 Å². The molecule has 0 saturated heterocycles. The largest absolute Gasteiger partial charge is 0.494 e. The van der Waals surface area contributed by atoms with E-state index < -0.39 is 0 Å². The third-order valence-electron chi connectivity index (χ3n) is 5.94. The average molecular weight is 446 g/mol. The van der Waals surface area contributed by atoms with Crippen LogP contribution >= 0.6 is 0 Å². The summed E-state index contributed by atoms with van der Waals surface area (Å²) < 4.78 is 26.5. The summed E-state index contributed by atoms with van der Waals surface area (Å²) in [6.45, 7) is 2.97. The minimum absolute atomic E-state index is 0.303. The molecule has 1 aromatic heterocycles. The Balaban J connectivity index is 1.29. The molecule has 0 aliphatic rings. The van der Waals surface area contributed by atoms with Crippen molar-refractivity contribution in [2.24, 2.45) is 0 Å². The number of unbranched alkanes of at least 4 members (excludes halogenated alkanes) is 7. The Hall–Kier alpha value is -3.14. The van der Waals surface area contributed by atoms with E-state index in [0.29, 0.717) is 22.6 Å². The van der Waals surface area contributed by atoms with Gasteiger partial charge in [-0.05, 0) is 48.4 Å². The Morgan fingerprint density at radius 2 is 1.48 bits per heavy atom. The molecule has 3 nitrogen and oxygen atoms in total. The van der Waals surface area contributed by atoms with E-state index in [0.717, 1.165) is 29.9 Å². The maximum Gasteiger partial charge on any atom is 0.227 e. The first-order valence-electron chi connectivity index (χ1n) is 12.1.